The quantitative estimate of drug-likeness (QED) is 0.753. The first kappa shape index (κ1) is 12.5. The van der Waals surface area contributed by atoms with Crippen molar-refractivity contribution in [2.45, 2.75) is 58.4 Å². The molecule has 2 unspecified atom stereocenters. The van der Waals surface area contributed by atoms with Crippen LogP contribution in [0.2, 0.25) is 0 Å². The van der Waals surface area contributed by atoms with Gasteiger partial charge in [0.1, 0.15) is 0 Å². The highest BCUT2D eigenvalue weighted by molar-refractivity contribution is 5.68. The van der Waals surface area contributed by atoms with E-state index in [0.29, 0.717) is 5.92 Å². The number of carbonyl (C=O) groups is 1. The molecular weight excluding hydrogens is 190 g/mol. The van der Waals surface area contributed by atoms with E-state index in [1.54, 1.807) is 0 Å². The van der Waals surface area contributed by atoms with Crippen molar-refractivity contribution in [3.63, 3.8) is 0 Å². The Bertz CT molecular complexity index is 244. The molecule has 1 saturated carbocycles. The van der Waals surface area contributed by atoms with Crippen molar-refractivity contribution in [3.8, 4) is 0 Å². The summed E-state index contributed by atoms with van der Waals surface area (Å²) in [5, 5.41) is 9.06. The minimum Gasteiger partial charge on any atom is -0.481 e. The number of carboxylic acids is 1. The van der Waals surface area contributed by atoms with Gasteiger partial charge >= 0.3 is 5.97 Å². The van der Waals surface area contributed by atoms with Gasteiger partial charge in [0.2, 0.25) is 0 Å². The monoisotopic (exact) mass is 213 g/mol. The normalized spacial score (nSPS) is 31.9. The van der Waals surface area contributed by atoms with Gasteiger partial charge in [0.15, 0.2) is 0 Å². The highest BCUT2D eigenvalue weighted by Crippen LogP contribution is 2.53. The van der Waals surface area contributed by atoms with E-state index in [1.807, 2.05) is 13.8 Å². The van der Waals surface area contributed by atoms with Crippen LogP contribution in [-0.2, 0) is 4.79 Å². The standard InChI is InChI=1S/C12H23NO2/c1-4-9-6-5-7-12(9,8-10(14)15)11(2,3)13/h9H,4-8,13H2,1-3H3,(H,14,15). The molecule has 3 heteroatoms. The molecule has 15 heavy (non-hydrogen) atoms. The van der Waals surface area contributed by atoms with E-state index < -0.39 is 11.5 Å². The summed E-state index contributed by atoms with van der Waals surface area (Å²) in [7, 11) is 0. The van der Waals surface area contributed by atoms with Crippen molar-refractivity contribution in [1.29, 1.82) is 0 Å². The molecule has 0 heterocycles. The van der Waals surface area contributed by atoms with Crippen molar-refractivity contribution < 1.29 is 9.90 Å². The molecule has 0 aliphatic heterocycles. The van der Waals surface area contributed by atoms with Crippen molar-refractivity contribution in [2.75, 3.05) is 0 Å². The Morgan fingerprint density at radius 1 is 1.60 bits per heavy atom. The van der Waals surface area contributed by atoms with E-state index >= 15 is 0 Å². The van der Waals surface area contributed by atoms with Crippen LogP contribution < -0.4 is 5.73 Å². The molecule has 1 rings (SSSR count). The second kappa shape index (κ2) is 4.12. The van der Waals surface area contributed by atoms with Gasteiger partial charge in [-0.1, -0.05) is 19.8 Å². The van der Waals surface area contributed by atoms with Crippen LogP contribution in [0, 0.1) is 11.3 Å². The first-order valence-corrected chi connectivity index (χ1v) is 5.84. The zero-order chi connectivity index (χ0) is 11.7. The summed E-state index contributed by atoms with van der Waals surface area (Å²) in [6.07, 6.45) is 4.46. The lowest BCUT2D eigenvalue weighted by molar-refractivity contribution is -0.142. The molecule has 3 N–H and O–H groups in total. The zero-order valence-corrected chi connectivity index (χ0v) is 10.0. The van der Waals surface area contributed by atoms with Crippen molar-refractivity contribution in [3.05, 3.63) is 0 Å². The molecule has 0 aromatic heterocycles. The molecule has 0 aromatic rings. The van der Waals surface area contributed by atoms with Gasteiger partial charge in [0.25, 0.3) is 0 Å². The summed E-state index contributed by atoms with van der Waals surface area (Å²) in [5.74, 6) is -0.248. The fraction of sp³-hybridized carbons (Fsp3) is 0.917. The highest BCUT2D eigenvalue weighted by atomic mass is 16.4. The van der Waals surface area contributed by atoms with E-state index in [4.69, 9.17) is 10.8 Å². The Kier molecular flexibility index (Phi) is 3.44. The zero-order valence-electron chi connectivity index (χ0n) is 10.0. The molecule has 1 fully saturated rings. The van der Waals surface area contributed by atoms with Gasteiger partial charge in [-0.05, 0) is 32.6 Å². The lowest BCUT2D eigenvalue weighted by atomic mass is 9.62. The van der Waals surface area contributed by atoms with Crippen LogP contribution >= 0.6 is 0 Å². The average Bonchev–Trinajstić information content (AvgIpc) is 2.46. The van der Waals surface area contributed by atoms with Crippen LogP contribution in [0.4, 0.5) is 0 Å². The van der Waals surface area contributed by atoms with Crippen molar-refractivity contribution in [2.24, 2.45) is 17.1 Å². The second-order valence-corrected chi connectivity index (χ2v) is 5.45. The Hall–Kier alpha value is -0.570. The molecular formula is C12H23NO2. The summed E-state index contributed by atoms with van der Waals surface area (Å²) in [6, 6.07) is 0. The molecule has 0 amide bonds. The van der Waals surface area contributed by atoms with Gasteiger partial charge in [-0.2, -0.15) is 0 Å². The fourth-order valence-electron chi connectivity index (χ4n) is 3.32. The van der Waals surface area contributed by atoms with Gasteiger partial charge in [0.05, 0.1) is 6.42 Å². The molecule has 0 radical (unpaired) electrons. The van der Waals surface area contributed by atoms with Crippen molar-refractivity contribution in [1.82, 2.24) is 0 Å². The minimum absolute atomic E-state index is 0.201. The first-order chi connectivity index (χ1) is 6.83. The van der Waals surface area contributed by atoms with Gasteiger partial charge in [-0.15, -0.1) is 0 Å². The minimum atomic E-state index is -0.714. The number of hydrogen-bond donors (Lipinski definition) is 2. The summed E-state index contributed by atoms with van der Waals surface area (Å²) in [6.45, 7) is 6.09. The smallest absolute Gasteiger partial charge is 0.303 e. The summed E-state index contributed by atoms with van der Waals surface area (Å²) < 4.78 is 0. The van der Waals surface area contributed by atoms with E-state index in [2.05, 4.69) is 6.92 Å². The average molecular weight is 213 g/mol. The third-order valence-corrected chi connectivity index (χ3v) is 4.20. The lowest BCUT2D eigenvalue weighted by Gasteiger charge is -2.45. The molecule has 2 atom stereocenters. The third-order valence-electron chi connectivity index (χ3n) is 4.20. The lowest BCUT2D eigenvalue weighted by Crippen LogP contribution is -2.53. The van der Waals surface area contributed by atoms with Crippen LogP contribution in [0.3, 0.4) is 0 Å². The number of rotatable bonds is 4. The Balaban J connectivity index is 3.00. The Morgan fingerprint density at radius 2 is 2.20 bits per heavy atom. The second-order valence-electron chi connectivity index (χ2n) is 5.45. The van der Waals surface area contributed by atoms with E-state index in [-0.39, 0.29) is 11.8 Å². The summed E-state index contributed by atoms with van der Waals surface area (Å²) in [4.78, 5) is 11.0. The fourth-order valence-corrected chi connectivity index (χ4v) is 3.32. The number of hydrogen-bond acceptors (Lipinski definition) is 2. The number of nitrogens with two attached hydrogens (primary N) is 1. The Morgan fingerprint density at radius 3 is 2.60 bits per heavy atom. The molecule has 88 valence electrons. The summed E-state index contributed by atoms with van der Waals surface area (Å²) >= 11 is 0. The van der Waals surface area contributed by atoms with Gasteiger partial charge in [-0.3, -0.25) is 4.79 Å². The molecule has 1 aliphatic rings. The van der Waals surface area contributed by atoms with Gasteiger partial charge < -0.3 is 10.8 Å². The third kappa shape index (κ3) is 2.17. The summed E-state index contributed by atoms with van der Waals surface area (Å²) in [5.41, 5.74) is 5.63. The Labute approximate surface area is 92.0 Å². The molecule has 3 nitrogen and oxygen atoms in total. The molecule has 1 aliphatic carbocycles. The van der Waals surface area contributed by atoms with E-state index in [1.165, 1.54) is 0 Å². The van der Waals surface area contributed by atoms with E-state index in [9.17, 15) is 4.79 Å². The SMILES string of the molecule is CCC1CCCC1(CC(=O)O)C(C)(C)N. The maximum absolute atomic E-state index is 11.0. The molecule has 0 aromatic carbocycles. The maximum Gasteiger partial charge on any atom is 0.303 e. The van der Waals surface area contributed by atoms with Crippen LogP contribution in [0.15, 0.2) is 0 Å². The predicted molar refractivity (Wildman–Crippen MR) is 60.6 cm³/mol. The van der Waals surface area contributed by atoms with Gasteiger partial charge in [-0.25, -0.2) is 0 Å². The first-order valence-electron chi connectivity index (χ1n) is 5.84. The van der Waals surface area contributed by atoms with Gasteiger partial charge in [0, 0.05) is 11.0 Å². The molecule has 0 bridgehead atoms. The molecule has 0 spiro atoms. The van der Waals surface area contributed by atoms with Crippen LogP contribution in [-0.4, -0.2) is 16.6 Å². The highest BCUT2D eigenvalue weighted by Gasteiger charge is 2.51. The predicted octanol–water partition coefficient (Wildman–Crippen LogP) is 2.39. The number of aliphatic carboxylic acids is 1. The van der Waals surface area contributed by atoms with Crippen LogP contribution in [0.25, 0.3) is 0 Å². The largest absolute Gasteiger partial charge is 0.481 e. The number of carboxylic acid groups (broad SMARTS) is 1. The topological polar surface area (TPSA) is 63.3 Å². The van der Waals surface area contributed by atoms with Crippen molar-refractivity contribution >= 4 is 5.97 Å². The van der Waals surface area contributed by atoms with Crippen LogP contribution in [0.5, 0.6) is 0 Å². The maximum atomic E-state index is 11.0. The molecule has 0 saturated heterocycles. The van der Waals surface area contributed by atoms with E-state index in [0.717, 1.165) is 25.7 Å². The van der Waals surface area contributed by atoms with Crippen LogP contribution in [0.1, 0.15) is 52.9 Å².